The van der Waals surface area contributed by atoms with Gasteiger partial charge in [0.25, 0.3) is 0 Å². The largest absolute Gasteiger partial charge is 0.464 e. The number of hydrogen-bond acceptors (Lipinski definition) is 4. The highest BCUT2D eigenvalue weighted by molar-refractivity contribution is 5.77. The number of hydrazine groups is 1. The number of nitrogens with one attached hydrogen (secondary N) is 1. The molecule has 6 nitrogen and oxygen atoms in total. The van der Waals surface area contributed by atoms with E-state index in [1.807, 2.05) is 30.3 Å². The molecular formula is C16H20N2O4. The number of nitrogens with zero attached hydrogens (tertiary/aromatic N) is 1. The Kier molecular flexibility index (Phi) is 5.55. The highest BCUT2D eigenvalue weighted by atomic mass is 16.5. The zero-order valence-corrected chi connectivity index (χ0v) is 12.3. The summed E-state index contributed by atoms with van der Waals surface area (Å²) in [5.41, 5.74) is 3.72. The number of carbonyl (C=O) groups is 2. The van der Waals surface area contributed by atoms with Crippen LogP contribution in [0.4, 0.5) is 4.79 Å². The molecule has 0 saturated carbocycles. The maximum absolute atomic E-state index is 12.2. The van der Waals surface area contributed by atoms with Crippen LogP contribution in [0.3, 0.4) is 0 Å². The van der Waals surface area contributed by atoms with Gasteiger partial charge in [0, 0.05) is 13.0 Å². The van der Waals surface area contributed by atoms with Crippen molar-refractivity contribution in [1.82, 2.24) is 10.4 Å². The highest BCUT2D eigenvalue weighted by Crippen LogP contribution is 2.12. The highest BCUT2D eigenvalue weighted by Gasteiger charge is 2.29. The molecule has 1 aliphatic rings. The Hall–Kier alpha value is -2.34. The summed E-state index contributed by atoms with van der Waals surface area (Å²) < 4.78 is 5.43. The molecule has 0 radical (unpaired) electrons. The summed E-state index contributed by atoms with van der Waals surface area (Å²) >= 11 is 0. The van der Waals surface area contributed by atoms with Crippen LogP contribution in [0.25, 0.3) is 0 Å². The summed E-state index contributed by atoms with van der Waals surface area (Å²) in [6, 6.07) is 9.04. The van der Waals surface area contributed by atoms with Crippen LogP contribution < -0.4 is 5.43 Å². The Balaban J connectivity index is 1.91. The molecule has 1 unspecified atom stereocenters. The average molecular weight is 304 g/mol. The van der Waals surface area contributed by atoms with Crippen LogP contribution in [0.15, 0.2) is 43.0 Å². The van der Waals surface area contributed by atoms with Crippen LogP contribution in [0, 0.1) is 0 Å². The van der Waals surface area contributed by atoms with Gasteiger partial charge in [0.1, 0.15) is 12.1 Å². The monoisotopic (exact) mass is 304 g/mol. The first-order valence-corrected chi connectivity index (χ1v) is 7.23. The second kappa shape index (κ2) is 7.61. The Morgan fingerprint density at radius 2 is 2.18 bits per heavy atom. The van der Waals surface area contributed by atoms with Crippen LogP contribution >= 0.6 is 0 Å². The van der Waals surface area contributed by atoms with Crippen molar-refractivity contribution in [2.24, 2.45) is 0 Å². The van der Waals surface area contributed by atoms with Crippen molar-refractivity contribution in [1.29, 1.82) is 0 Å². The van der Waals surface area contributed by atoms with Gasteiger partial charge in [-0.15, -0.1) is 0 Å². The van der Waals surface area contributed by atoms with E-state index in [-0.39, 0.29) is 0 Å². The molecule has 0 aromatic heterocycles. The van der Waals surface area contributed by atoms with E-state index in [4.69, 9.17) is 9.84 Å². The molecule has 1 aromatic carbocycles. The quantitative estimate of drug-likeness (QED) is 0.642. The second-order valence-electron chi connectivity index (χ2n) is 5.16. The molecule has 1 amide bonds. The molecule has 0 aliphatic carbocycles. The predicted molar refractivity (Wildman–Crippen MR) is 81.1 cm³/mol. The molecule has 2 N–H and O–H groups in total. The first kappa shape index (κ1) is 16.0. The molecule has 0 bridgehead atoms. The fourth-order valence-corrected chi connectivity index (χ4v) is 2.34. The van der Waals surface area contributed by atoms with E-state index in [0.29, 0.717) is 25.8 Å². The van der Waals surface area contributed by atoms with Gasteiger partial charge in [-0.1, -0.05) is 43.0 Å². The number of benzene rings is 1. The van der Waals surface area contributed by atoms with Crippen molar-refractivity contribution < 1.29 is 19.4 Å². The second-order valence-corrected chi connectivity index (χ2v) is 5.16. The Labute approximate surface area is 129 Å². The van der Waals surface area contributed by atoms with Crippen molar-refractivity contribution in [2.75, 3.05) is 6.54 Å². The molecule has 1 aliphatic heterocycles. The van der Waals surface area contributed by atoms with Crippen molar-refractivity contribution >= 4 is 12.1 Å². The molecule has 1 heterocycles. The maximum Gasteiger partial charge on any atom is 0.421 e. The number of hydrogen-bond donors (Lipinski definition) is 2. The third kappa shape index (κ3) is 4.33. The smallest absolute Gasteiger partial charge is 0.421 e. The number of esters is 1. The lowest BCUT2D eigenvalue weighted by molar-refractivity contribution is -0.151. The summed E-state index contributed by atoms with van der Waals surface area (Å²) in [5.74, 6) is -0.452. The lowest BCUT2D eigenvalue weighted by Gasteiger charge is -2.31. The molecule has 2 rings (SSSR count). The van der Waals surface area contributed by atoms with Crippen molar-refractivity contribution in [3.8, 4) is 0 Å². The normalized spacial score (nSPS) is 19.3. The molecule has 1 aromatic rings. The summed E-state index contributed by atoms with van der Waals surface area (Å²) in [4.78, 5) is 23.1. The molecule has 2 atom stereocenters. The van der Waals surface area contributed by atoms with Gasteiger partial charge in [-0.05, 0) is 18.4 Å². The number of rotatable bonds is 5. The SMILES string of the molecule is C=CC(Cc1ccccc1)OC(=O)[C@H]1CCCN(C(=O)O)N1. The summed E-state index contributed by atoms with van der Waals surface area (Å²) in [6.45, 7) is 4.07. The number of amides is 1. The molecule has 0 spiro atoms. The molecular weight excluding hydrogens is 284 g/mol. The zero-order valence-electron chi connectivity index (χ0n) is 12.3. The fourth-order valence-electron chi connectivity index (χ4n) is 2.34. The molecule has 6 heteroatoms. The predicted octanol–water partition coefficient (Wildman–Crippen LogP) is 1.97. The van der Waals surface area contributed by atoms with Crippen molar-refractivity contribution in [2.45, 2.75) is 31.4 Å². The van der Waals surface area contributed by atoms with E-state index in [0.717, 1.165) is 10.6 Å². The van der Waals surface area contributed by atoms with E-state index in [9.17, 15) is 9.59 Å². The van der Waals surface area contributed by atoms with E-state index in [2.05, 4.69) is 12.0 Å². The first-order valence-electron chi connectivity index (χ1n) is 7.23. The zero-order chi connectivity index (χ0) is 15.9. The minimum atomic E-state index is -1.10. The number of carbonyl (C=O) groups excluding carboxylic acids is 1. The van der Waals surface area contributed by atoms with Gasteiger partial charge in [-0.25, -0.2) is 15.2 Å². The van der Waals surface area contributed by atoms with Gasteiger partial charge < -0.3 is 9.84 Å². The van der Waals surface area contributed by atoms with Crippen molar-refractivity contribution in [3.05, 3.63) is 48.6 Å². The van der Waals surface area contributed by atoms with E-state index in [1.165, 1.54) is 0 Å². The first-order chi connectivity index (χ1) is 10.6. The van der Waals surface area contributed by atoms with Crippen LogP contribution in [-0.2, 0) is 16.0 Å². The standard InChI is InChI=1S/C16H20N2O4/c1-2-13(11-12-7-4-3-5-8-12)22-15(19)14-9-6-10-18(17-14)16(20)21/h2-5,7-8,13-14,17H,1,6,9-11H2,(H,20,21)/t13?,14-/m1/s1. The summed E-state index contributed by atoms with van der Waals surface area (Å²) in [5, 5.41) is 9.98. The van der Waals surface area contributed by atoms with E-state index >= 15 is 0 Å². The minimum absolute atomic E-state index is 0.369. The Morgan fingerprint density at radius 3 is 2.82 bits per heavy atom. The fraction of sp³-hybridized carbons (Fsp3) is 0.375. The van der Waals surface area contributed by atoms with Gasteiger partial charge >= 0.3 is 12.1 Å². The minimum Gasteiger partial charge on any atom is -0.464 e. The summed E-state index contributed by atoms with van der Waals surface area (Å²) in [7, 11) is 0. The molecule has 22 heavy (non-hydrogen) atoms. The van der Waals surface area contributed by atoms with Gasteiger partial charge in [0.05, 0.1) is 0 Å². The lowest BCUT2D eigenvalue weighted by atomic mass is 10.1. The van der Waals surface area contributed by atoms with Gasteiger partial charge in [0.15, 0.2) is 0 Å². The molecule has 118 valence electrons. The van der Waals surface area contributed by atoms with Crippen LogP contribution in [0.2, 0.25) is 0 Å². The van der Waals surface area contributed by atoms with Crippen LogP contribution in [0.5, 0.6) is 0 Å². The lowest BCUT2D eigenvalue weighted by Crippen LogP contribution is -2.55. The number of carboxylic acid groups (broad SMARTS) is 1. The van der Waals surface area contributed by atoms with Crippen LogP contribution in [-0.4, -0.2) is 40.9 Å². The van der Waals surface area contributed by atoms with Gasteiger partial charge in [-0.2, -0.15) is 0 Å². The number of ether oxygens (including phenoxy) is 1. The molecule has 1 saturated heterocycles. The van der Waals surface area contributed by atoms with E-state index in [1.54, 1.807) is 6.08 Å². The third-order valence-corrected chi connectivity index (χ3v) is 3.51. The van der Waals surface area contributed by atoms with Crippen molar-refractivity contribution in [3.63, 3.8) is 0 Å². The topological polar surface area (TPSA) is 78.9 Å². The third-order valence-electron chi connectivity index (χ3n) is 3.51. The average Bonchev–Trinajstić information content (AvgIpc) is 2.55. The summed E-state index contributed by atoms with van der Waals surface area (Å²) in [6.07, 6.45) is 1.78. The Bertz CT molecular complexity index is 532. The molecule has 1 fully saturated rings. The van der Waals surface area contributed by atoms with Gasteiger partial charge in [0.2, 0.25) is 0 Å². The van der Waals surface area contributed by atoms with Crippen LogP contribution in [0.1, 0.15) is 18.4 Å². The van der Waals surface area contributed by atoms with E-state index < -0.39 is 24.2 Å². The Morgan fingerprint density at radius 1 is 1.45 bits per heavy atom. The van der Waals surface area contributed by atoms with Gasteiger partial charge in [-0.3, -0.25) is 4.79 Å². The maximum atomic E-state index is 12.2.